The van der Waals surface area contributed by atoms with Crippen molar-refractivity contribution in [1.82, 2.24) is 19.7 Å². The Morgan fingerprint density at radius 3 is 2.84 bits per heavy atom. The van der Waals surface area contributed by atoms with E-state index in [1.165, 1.54) is 0 Å². The molecular weight excluding hydrogens is 572 g/mol. The van der Waals surface area contributed by atoms with Crippen LogP contribution in [0.3, 0.4) is 0 Å². The van der Waals surface area contributed by atoms with Crippen molar-refractivity contribution < 1.29 is 18.7 Å². The first-order valence-electron chi connectivity index (χ1n) is 13.6. The van der Waals surface area contributed by atoms with Crippen LogP contribution in [0.4, 0.5) is 4.79 Å². The molecule has 4 heterocycles. The van der Waals surface area contributed by atoms with Gasteiger partial charge in [0.2, 0.25) is 0 Å². The molecule has 2 unspecified atom stereocenters. The van der Waals surface area contributed by atoms with E-state index in [0.29, 0.717) is 25.4 Å². The molecule has 2 saturated heterocycles. The number of carbonyl (C=O) groups is 1. The third-order valence-electron chi connectivity index (χ3n) is 7.19. The summed E-state index contributed by atoms with van der Waals surface area (Å²) in [6, 6.07) is 2.00. The molecule has 0 radical (unpaired) electrons. The summed E-state index contributed by atoms with van der Waals surface area (Å²) in [4.78, 5) is 19.1. The van der Waals surface area contributed by atoms with Crippen molar-refractivity contribution in [2.24, 2.45) is 0 Å². The number of piperidine rings is 1. The van der Waals surface area contributed by atoms with Crippen LogP contribution in [0.2, 0.25) is 5.02 Å². The first-order chi connectivity index (χ1) is 18.2. The number of aryl methyl sites for hydroxylation is 1. The first-order valence-corrected chi connectivity index (χ1v) is 14.7. The summed E-state index contributed by atoms with van der Waals surface area (Å²) < 4.78 is 20.3. The van der Waals surface area contributed by atoms with Gasteiger partial charge >= 0.3 is 6.09 Å². The first kappa shape index (κ1) is 27.5. The Balaban J connectivity index is 1.20. The van der Waals surface area contributed by atoms with E-state index in [4.69, 9.17) is 30.5 Å². The summed E-state index contributed by atoms with van der Waals surface area (Å²) in [6.07, 6.45) is 10.8. The Hall–Kier alpha value is -2.10. The van der Waals surface area contributed by atoms with Crippen LogP contribution < -0.4 is 0 Å². The van der Waals surface area contributed by atoms with Crippen molar-refractivity contribution in [2.45, 2.75) is 89.9 Å². The third kappa shape index (κ3) is 6.20. The van der Waals surface area contributed by atoms with Crippen LogP contribution in [0.5, 0.6) is 0 Å². The van der Waals surface area contributed by atoms with Gasteiger partial charge in [-0.05, 0) is 93.3 Å². The number of nitrogens with zero attached hydrogens (tertiary/aromatic N) is 4. The Labute approximate surface area is 237 Å². The lowest BCUT2D eigenvalue weighted by Crippen LogP contribution is -2.42. The molecule has 0 bridgehead atoms. The SMILES string of the molecule is CC(C)(C)OC(=O)N1CCCC(c2coc(CCCc3c(Cl)cc4c(cnn4C4CCCCO4)c3Br)n2)C1. The number of fused-ring (bicyclic) bond motifs is 1. The van der Waals surface area contributed by atoms with Crippen molar-refractivity contribution in [1.29, 1.82) is 0 Å². The van der Waals surface area contributed by atoms with E-state index in [1.54, 1.807) is 11.2 Å². The molecule has 0 N–H and O–H groups in total. The molecular formula is C28H36BrClN4O4. The number of hydrogen-bond donors (Lipinski definition) is 0. The Bertz CT molecular complexity index is 1280. The summed E-state index contributed by atoms with van der Waals surface area (Å²) in [7, 11) is 0. The Kier molecular flexibility index (Phi) is 8.36. The molecule has 2 atom stereocenters. The predicted octanol–water partition coefficient (Wildman–Crippen LogP) is 7.43. The van der Waals surface area contributed by atoms with Gasteiger partial charge in [0.05, 0.1) is 17.4 Å². The maximum atomic E-state index is 12.5. The smallest absolute Gasteiger partial charge is 0.410 e. The lowest BCUT2D eigenvalue weighted by Gasteiger charge is -2.33. The summed E-state index contributed by atoms with van der Waals surface area (Å²) in [5, 5.41) is 6.38. The summed E-state index contributed by atoms with van der Waals surface area (Å²) in [5.41, 5.74) is 2.46. The van der Waals surface area contributed by atoms with Crippen molar-refractivity contribution in [2.75, 3.05) is 19.7 Å². The van der Waals surface area contributed by atoms with Crippen LogP contribution >= 0.6 is 27.5 Å². The van der Waals surface area contributed by atoms with Gasteiger partial charge in [-0.3, -0.25) is 0 Å². The number of hydrogen-bond acceptors (Lipinski definition) is 6. The molecule has 0 aliphatic carbocycles. The zero-order valence-corrected chi connectivity index (χ0v) is 24.7. The zero-order chi connectivity index (χ0) is 26.9. The van der Waals surface area contributed by atoms with E-state index < -0.39 is 5.60 Å². The van der Waals surface area contributed by atoms with Gasteiger partial charge in [-0.1, -0.05) is 11.6 Å². The topological polar surface area (TPSA) is 82.6 Å². The molecule has 2 fully saturated rings. The van der Waals surface area contributed by atoms with E-state index >= 15 is 0 Å². The summed E-state index contributed by atoms with van der Waals surface area (Å²) >= 11 is 10.5. The van der Waals surface area contributed by atoms with E-state index in [2.05, 4.69) is 21.0 Å². The van der Waals surface area contributed by atoms with Crippen LogP contribution in [-0.2, 0) is 22.3 Å². The second-order valence-corrected chi connectivity index (χ2v) is 12.5. The molecule has 1 aromatic carbocycles. The molecule has 8 nitrogen and oxygen atoms in total. The van der Waals surface area contributed by atoms with E-state index in [9.17, 15) is 4.79 Å². The molecule has 38 heavy (non-hydrogen) atoms. The minimum atomic E-state index is -0.502. The van der Waals surface area contributed by atoms with Gasteiger partial charge < -0.3 is 18.8 Å². The molecule has 206 valence electrons. The number of aromatic nitrogens is 3. The monoisotopic (exact) mass is 606 g/mol. The van der Waals surface area contributed by atoms with Gasteiger partial charge in [-0.2, -0.15) is 5.10 Å². The summed E-state index contributed by atoms with van der Waals surface area (Å²) in [6.45, 7) is 7.74. The average Bonchev–Trinajstić information content (AvgIpc) is 3.53. The van der Waals surface area contributed by atoms with Crippen LogP contribution in [0.25, 0.3) is 10.9 Å². The largest absolute Gasteiger partial charge is 0.449 e. The second-order valence-electron chi connectivity index (χ2n) is 11.3. The van der Waals surface area contributed by atoms with Gasteiger partial charge in [0.25, 0.3) is 0 Å². The van der Waals surface area contributed by atoms with Gasteiger partial charge in [-0.25, -0.2) is 14.5 Å². The molecule has 10 heteroatoms. The van der Waals surface area contributed by atoms with Gasteiger partial charge in [0.1, 0.15) is 11.9 Å². The van der Waals surface area contributed by atoms with Crippen molar-refractivity contribution in [3.05, 3.63) is 45.2 Å². The normalized spacial score (nSPS) is 20.7. The minimum Gasteiger partial charge on any atom is -0.449 e. The van der Waals surface area contributed by atoms with E-state index in [-0.39, 0.29) is 18.2 Å². The fourth-order valence-electron chi connectivity index (χ4n) is 5.29. The fourth-order valence-corrected chi connectivity index (χ4v) is 6.41. The van der Waals surface area contributed by atoms with Gasteiger partial charge in [0, 0.05) is 46.9 Å². The van der Waals surface area contributed by atoms with E-state index in [0.717, 1.165) is 83.2 Å². The predicted molar refractivity (Wildman–Crippen MR) is 150 cm³/mol. The lowest BCUT2D eigenvalue weighted by atomic mass is 9.95. The van der Waals surface area contributed by atoms with Crippen LogP contribution in [-0.4, -0.2) is 51.1 Å². The van der Waals surface area contributed by atoms with Gasteiger partial charge in [0.15, 0.2) is 12.1 Å². The van der Waals surface area contributed by atoms with Crippen molar-refractivity contribution in [3.63, 3.8) is 0 Å². The Morgan fingerprint density at radius 2 is 2.08 bits per heavy atom. The zero-order valence-electron chi connectivity index (χ0n) is 22.3. The fraction of sp³-hybridized carbons (Fsp3) is 0.607. The quantitative estimate of drug-likeness (QED) is 0.290. The maximum Gasteiger partial charge on any atom is 0.410 e. The molecule has 0 saturated carbocycles. The Morgan fingerprint density at radius 1 is 1.24 bits per heavy atom. The van der Waals surface area contributed by atoms with Crippen LogP contribution in [0.15, 0.2) is 27.4 Å². The molecule has 3 aromatic rings. The number of benzene rings is 1. The highest BCUT2D eigenvalue weighted by Gasteiger charge is 2.30. The number of rotatable bonds is 6. The molecule has 1 amide bonds. The molecule has 0 spiro atoms. The standard InChI is InChI=1S/C28H36BrClN4O4/c1-28(2,3)38-27(35)33-12-7-8-18(16-33)22-17-37-24(32-22)10-6-9-19-21(30)14-23-20(26(19)29)15-31-34(23)25-11-4-5-13-36-25/h14-15,17-18,25H,4-13,16H2,1-3H3. The highest BCUT2D eigenvalue weighted by atomic mass is 79.9. The number of halogens is 2. The van der Waals surface area contributed by atoms with Crippen LogP contribution in [0.1, 0.15) is 88.6 Å². The number of oxazole rings is 1. The van der Waals surface area contributed by atoms with Gasteiger partial charge in [-0.15, -0.1) is 0 Å². The van der Waals surface area contributed by atoms with Crippen molar-refractivity contribution >= 4 is 44.5 Å². The summed E-state index contributed by atoms with van der Waals surface area (Å²) in [5.74, 6) is 0.870. The highest BCUT2D eigenvalue weighted by molar-refractivity contribution is 9.10. The average molecular weight is 608 g/mol. The molecule has 2 aliphatic rings. The third-order valence-corrected chi connectivity index (χ3v) is 8.44. The molecule has 2 aromatic heterocycles. The number of likely N-dealkylation sites (tertiary alicyclic amines) is 1. The van der Waals surface area contributed by atoms with Crippen LogP contribution in [0, 0.1) is 0 Å². The number of ether oxygens (including phenoxy) is 2. The minimum absolute atomic E-state index is 0.0327. The maximum absolute atomic E-state index is 12.5. The number of amides is 1. The molecule has 2 aliphatic heterocycles. The molecule has 5 rings (SSSR count). The van der Waals surface area contributed by atoms with E-state index in [1.807, 2.05) is 37.7 Å². The number of carbonyl (C=O) groups excluding carboxylic acids is 1. The van der Waals surface area contributed by atoms with Crippen molar-refractivity contribution in [3.8, 4) is 0 Å². The second kappa shape index (κ2) is 11.6. The highest BCUT2D eigenvalue weighted by Crippen LogP contribution is 2.37. The lowest BCUT2D eigenvalue weighted by molar-refractivity contribution is -0.0366.